The van der Waals surface area contributed by atoms with E-state index in [-0.39, 0.29) is 16.9 Å². The van der Waals surface area contributed by atoms with Gasteiger partial charge in [-0.3, -0.25) is 4.79 Å². The van der Waals surface area contributed by atoms with Gasteiger partial charge >= 0.3 is 5.97 Å². The van der Waals surface area contributed by atoms with Crippen molar-refractivity contribution in [3.8, 4) is 16.9 Å². The van der Waals surface area contributed by atoms with Crippen LogP contribution in [0.4, 0.5) is 8.78 Å². The normalized spacial score (nSPS) is 10.4. The van der Waals surface area contributed by atoms with Crippen LogP contribution in [-0.2, 0) is 11.2 Å². The lowest BCUT2D eigenvalue weighted by Gasteiger charge is -2.07. The Bertz CT molecular complexity index is 621. The molecule has 0 radical (unpaired) electrons. The number of aliphatic carboxylic acids is 1. The molecule has 0 unspecified atom stereocenters. The number of carbonyl (C=O) groups is 1. The minimum absolute atomic E-state index is 0.0200. The van der Waals surface area contributed by atoms with E-state index < -0.39 is 24.0 Å². The molecule has 0 aromatic heterocycles. The fourth-order valence-electron chi connectivity index (χ4n) is 1.75. The first-order valence-corrected chi connectivity index (χ1v) is 5.47. The molecular weight excluding hydrogens is 254 g/mol. The molecule has 5 heteroatoms. The van der Waals surface area contributed by atoms with Crippen LogP contribution in [-0.4, -0.2) is 16.2 Å². The third-order valence-electron chi connectivity index (χ3n) is 2.68. The lowest BCUT2D eigenvalue weighted by molar-refractivity contribution is -0.136. The van der Waals surface area contributed by atoms with Crippen molar-refractivity contribution in [2.24, 2.45) is 0 Å². The van der Waals surface area contributed by atoms with Crippen molar-refractivity contribution in [3.63, 3.8) is 0 Å². The number of hydrogen-bond donors (Lipinski definition) is 2. The lowest BCUT2D eigenvalue weighted by Crippen LogP contribution is -2.04. The molecule has 0 atom stereocenters. The molecule has 0 heterocycles. The Hall–Kier alpha value is -2.43. The maximum absolute atomic E-state index is 13.9. The second-order valence-corrected chi connectivity index (χ2v) is 4.02. The van der Waals surface area contributed by atoms with Gasteiger partial charge in [-0.15, -0.1) is 0 Å². The Kier molecular flexibility index (Phi) is 3.46. The van der Waals surface area contributed by atoms with E-state index in [2.05, 4.69) is 0 Å². The van der Waals surface area contributed by atoms with Gasteiger partial charge in [0.1, 0.15) is 5.75 Å². The van der Waals surface area contributed by atoms with Gasteiger partial charge in [0.05, 0.1) is 6.42 Å². The number of phenolic OH excluding ortho intramolecular Hbond substituents is 1. The Balaban J connectivity index is 2.46. The van der Waals surface area contributed by atoms with E-state index in [9.17, 15) is 13.6 Å². The number of hydrogen-bond acceptors (Lipinski definition) is 2. The highest BCUT2D eigenvalue weighted by molar-refractivity contribution is 5.71. The topological polar surface area (TPSA) is 57.5 Å². The Morgan fingerprint density at radius 2 is 1.63 bits per heavy atom. The third kappa shape index (κ3) is 2.70. The molecule has 0 amide bonds. The summed E-state index contributed by atoms with van der Waals surface area (Å²) in [5, 5.41) is 17.7. The van der Waals surface area contributed by atoms with Crippen molar-refractivity contribution in [3.05, 3.63) is 53.6 Å². The van der Waals surface area contributed by atoms with E-state index in [1.165, 1.54) is 36.4 Å². The van der Waals surface area contributed by atoms with Gasteiger partial charge in [-0.25, -0.2) is 8.78 Å². The van der Waals surface area contributed by atoms with E-state index in [0.717, 1.165) is 0 Å². The van der Waals surface area contributed by atoms with Crippen LogP contribution in [0.3, 0.4) is 0 Å². The zero-order valence-electron chi connectivity index (χ0n) is 9.73. The van der Waals surface area contributed by atoms with Gasteiger partial charge in [0.25, 0.3) is 0 Å². The van der Waals surface area contributed by atoms with E-state index >= 15 is 0 Å². The van der Waals surface area contributed by atoms with Crippen LogP contribution in [0.25, 0.3) is 11.1 Å². The molecule has 0 fully saturated rings. The third-order valence-corrected chi connectivity index (χ3v) is 2.68. The Labute approximate surface area is 107 Å². The van der Waals surface area contributed by atoms with Crippen molar-refractivity contribution in [2.75, 3.05) is 0 Å². The van der Waals surface area contributed by atoms with E-state index in [1.54, 1.807) is 0 Å². The molecule has 2 rings (SSSR count). The molecule has 2 aromatic carbocycles. The monoisotopic (exact) mass is 264 g/mol. The van der Waals surface area contributed by atoms with Crippen molar-refractivity contribution < 1.29 is 23.8 Å². The van der Waals surface area contributed by atoms with Gasteiger partial charge in [-0.1, -0.05) is 24.3 Å². The molecule has 0 aliphatic carbocycles. The van der Waals surface area contributed by atoms with E-state index in [0.29, 0.717) is 5.56 Å². The van der Waals surface area contributed by atoms with Crippen LogP contribution in [0.2, 0.25) is 0 Å². The predicted octanol–water partition coefficient (Wildman–Crippen LogP) is 2.96. The molecule has 3 nitrogen and oxygen atoms in total. The van der Waals surface area contributed by atoms with Crippen LogP contribution in [0, 0.1) is 11.6 Å². The zero-order valence-corrected chi connectivity index (χ0v) is 9.73. The highest BCUT2D eigenvalue weighted by Gasteiger charge is 2.16. The van der Waals surface area contributed by atoms with Crippen molar-refractivity contribution in [2.45, 2.75) is 6.42 Å². The summed E-state index contributed by atoms with van der Waals surface area (Å²) in [5.74, 6) is -3.46. The average Bonchev–Trinajstić information content (AvgIpc) is 2.36. The maximum Gasteiger partial charge on any atom is 0.307 e. The molecule has 0 spiro atoms. The minimum atomic E-state index is -1.23. The molecule has 0 bridgehead atoms. The molecule has 0 saturated carbocycles. The first kappa shape index (κ1) is 13.0. The highest BCUT2D eigenvalue weighted by atomic mass is 19.2. The van der Waals surface area contributed by atoms with Crippen molar-refractivity contribution in [1.29, 1.82) is 0 Å². The predicted molar refractivity (Wildman–Crippen MR) is 64.8 cm³/mol. The van der Waals surface area contributed by atoms with Gasteiger partial charge in [0.15, 0.2) is 11.6 Å². The number of phenols is 1. The summed E-state index contributed by atoms with van der Waals surface area (Å²) >= 11 is 0. The van der Waals surface area contributed by atoms with Crippen molar-refractivity contribution in [1.82, 2.24) is 0 Å². The number of carboxylic acid groups (broad SMARTS) is 1. The fraction of sp³-hybridized carbons (Fsp3) is 0.0714. The standard InChI is InChI=1S/C14H10F2O3/c15-13-9(7-12(18)19)3-6-11(14(13)16)8-1-4-10(17)5-2-8/h1-6,17H,7H2,(H,18,19). The Morgan fingerprint density at radius 1 is 1.00 bits per heavy atom. The number of benzene rings is 2. The van der Waals surface area contributed by atoms with Gasteiger partial charge in [0.2, 0.25) is 0 Å². The second kappa shape index (κ2) is 5.06. The minimum Gasteiger partial charge on any atom is -0.508 e. The van der Waals surface area contributed by atoms with Gasteiger partial charge < -0.3 is 10.2 Å². The van der Waals surface area contributed by atoms with Gasteiger partial charge in [-0.2, -0.15) is 0 Å². The summed E-state index contributed by atoms with van der Waals surface area (Å²) in [5.41, 5.74) is 0.218. The molecule has 0 aliphatic rings. The second-order valence-electron chi connectivity index (χ2n) is 4.02. The van der Waals surface area contributed by atoms with Crippen molar-refractivity contribution >= 4 is 5.97 Å². The molecule has 2 N–H and O–H groups in total. The summed E-state index contributed by atoms with van der Waals surface area (Å²) in [6.45, 7) is 0. The van der Waals surface area contributed by atoms with Crippen LogP contribution >= 0.6 is 0 Å². The van der Waals surface area contributed by atoms with E-state index in [1.807, 2.05) is 0 Å². The quantitative estimate of drug-likeness (QED) is 0.896. The summed E-state index contributed by atoms with van der Waals surface area (Å²) in [4.78, 5) is 10.5. The summed E-state index contributed by atoms with van der Waals surface area (Å²) in [6.07, 6.45) is -0.571. The largest absolute Gasteiger partial charge is 0.508 e. The van der Waals surface area contributed by atoms with Crippen LogP contribution in [0.5, 0.6) is 5.75 Å². The summed E-state index contributed by atoms with van der Waals surface area (Å²) in [7, 11) is 0. The number of halogens is 2. The lowest BCUT2D eigenvalue weighted by atomic mass is 10.0. The number of aromatic hydroxyl groups is 1. The fourth-order valence-corrected chi connectivity index (χ4v) is 1.75. The summed E-state index contributed by atoms with van der Waals surface area (Å²) < 4.78 is 27.6. The molecule has 2 aromatic rings. The van der Waals surface area contributed by atoms with Crippen LogP contribution in [0.1, 0.15) is 5.56 Å². The maximum atomic E-state index is 13.9. The molecule has 98 valence electrons. The molecular formula is C14H10F2O3. The number of rotatable bonds is 3. The molecule has 0 saturated heterocycles. The van der Waals surface area contributed by atoms with Crippen LogP contribution < -0.4 is 0 Å². The summed E-state index contributed by atoms with van der Waals surface area (Å²) in [6, 6.07) is 8.18. The average molecular weight is 264 g/mol. The SMILES string of the molecule is O=C(O)Cc1ccc(-c2ccc(O)cc2)c(F)c1F. The van der Waals surface area contributed by atoms with Gasteiger partial charge in [0, 0.05) is 11.1 Å². The smallest absolute Gasteiger partial charge is 0.307 e. The number of carboxylic acids is 1. The van der Waals surface area contributed by atoms with E-state index in [4.69, 9.17) is 10.2 Å². The van der Waals surface area contributed by atoms with Gasteiger partial charge in [-0.05, 0) is 17.7 Å². The highest BCUT2D eigenvalue weighted by Crippen LogP contribution is 2.27. The molecule has 19 heavy (non-hydrogen) atoms. The zero-order chi connectivity index (χ0) is 14.0. The first-order valence-electron chi connectivity index (χ1n) is 5.47. The molecule has 0 aliphatic heterocycles. The first-order chi connectivity index (χ1) is 8.99. The van der Waals surface area contributed by atoms with Crippen LogP contribution in [0.15, 0.2) is 36.4 Å². The Morgan fingerprint density at radius 3 is 2.21 bits per heavy atom.